The number of ether oxygens (including phenoxy) is 2. The fraction of sp³-hybridized carbons (Fsp3) is 0.0588. The van der Waals surface area contributed by atoms with Crippen LogP contribution in [0.15, 0.2) is 54.9 Å². The van der Waals surface area contributed by atoms with E-state index in [0.29, 0.717) is 22.7 Å². The van der Waals surface area contributed by atoms with Crippen molar-refractivity contribution in [2.75, 3.05) is 12.1 Å². The molecule has 2 heterocycles. The Morgan fingerprint density at radius 3 is 2.95 bits per heavy atom. The Morgan fingerprint density at radius 1 is 1.09 bits per heavy atom. The molecule has 0 spiro atoms. The van der Waals surface area contributed by atoms with Gasteiger partial charge in [-0.3, -0.25) is 9.78 Å². The highest BCUT2D eigenvalue weighted by Gasteiger charge is 2.15. The Hall–Kier alpha value is -3.08. The molecule has 2 aromatic carbocycles. The summed E-state index contributed by atoms with van der Waals surface area (Å²) < 4.78 is 10.6. The van der Waals surface area contributed by atoms with E-state index in [2.05, 4.69) is 10.3 Å². The Morgan fingerprint density at radius 2 is 2.00 bits per heavy atom. The second-order valence-corrected chi connectivity index (χ2v) is 4.92. The van der Waals surface area contributed by atoms with Gasteiger partial charge in [-0.1, -0.05) is 12.1 Å². The summed E-state index contributed by atoms with van der Waals surface area (Å²) in [6.45, 7) is 0.210. The fourth-order valence-electron chi connectivity index (χ4n) is 2.48. The minimum Gasteiger partial charge on any atom is -0.454 e. The van der Waals surface area contributed by atoms with Gasteiger partial charge in [-0.05, 0) is 29.7 Å². The van der Waals surface area contributed by atoms with Crippen LogP contribution in [0.4, 0.5) is 5.69 Å². The summed E-state index contributed by atoms with van der Waals surface area (Å²) >= 11 is 0. The smallest absolute Gasteiger partial charge is 0.256 e. The Bertz CT molecular complexity index is 871. The third-order valence-corrected chi connectivity index (χ3v) is 3.56. The van der Waals surface area contributed by atoms with Crippen LogP contribution in [0.1, 0.15) is 10.4 Å². The normalized spacial score (nSPS) is 12.4. The van der Waals surface area contributed by atoms with E-state index >= 15 is 0 Å². The van der Waals surface area contributed by atoms with Gasteiger partial charge in [-0.15, -0.1) is 0 Å². The molecule has 5 heteroatoms. The van der Waals surface area contributed by atoms with Crippen molar-refractivity contribution in [2.24, 2.45) is 0 Å². The van der Waals surface area contributed by atoms with E-state index in [9.17, 15) is 4.79 Å². The van der Waals surface area contributed by atoms with Crippen molar-refractivity contribution in [1.82, 2.24) is 4.98 Å². The highest BCUT2D eigenvalue weighted by Crippen LogP contribution is 2.34. The number of rotatable bonds is 2. The number of anilines is 1. The maximum atomic E-state index is 12.5. The van der Waals surface area contributed by atoms with Crippen molar-refractivity contribution in [3.8, 4) is 11.5 Å². The van der Waals surface area contributed by atoms with Gasteiger partial charge in [0.05, 0.1) is 0 Å². The van der Waals surface area contributed by atoms with E-state index < -0.39 is 0 Å². The van der Waals surface area contributed by atoms with Gasteiger partial charge in [0, 0.05) is 35.1 Å². The highest BCUT2D eigenvalue weighted by molar-refractivity contribution is 6.12. The molecule has 1 N–H and O–H groups in total. The number of hydrogen-bond donors (Lipinski definition) is 1. The molecule has 0 bridgehead atoms. The van der Waals surface area contributed by atoms with Gasteiger partial charge in [0.15, 0.2) is 11.5 Å². The Labute approximate surface area is 126 Å². The minimum absolute atomic E-state index is 0.183. The van der Waals surface area contributed by atoms with E-state index in [-0.39, 0.29) is 12.7 Å². The summed E-state index contributed by atoms with van der Waals surface area (Å²) in [7, 11) is 0. The quantitative estimate of drug-likeness (QED) is 0.788. The number of pyridine rings is 1. The lowest BCUT2D eigenvalue weighted by Crippen LogP contribution is -2.12. The second-order valence-electron chi connectivity index (χ2n) is 4.92. The zero-order valence-electron chi connectivity index (χ0n) is 11.6. The maximum absolute atomic E-state index is 12.5. The van der Waals surface area contributed by atoms with Gasteiger partial charge < -0.3 is 14.8 Å². The topological polar surface area (TPSA) is 60.5 Å². The van der Waals surface area contributed by atoms with Crippen LogP contribution < -0.4 is 14.8 Å². The van der Waals surface area contributed by atoms with Gasteiger partial charge in [0.2, 0.25) is 6.79 Å². The van der Waals surface area contributed by atoms with Crippen LogP contribution in [0.5, 0.6) is 11.5 Å². The van der Waals surface area contributed by atoms with Crippen molar-refractivity contribution >= 4 is 22.4 Å². The molecule has 108 valence electrons. The third kappa shape index (κ3) is 2.13. The monoisotopic (exact) mass is 292 g/mol. The Balaban J connectivity index is 1.66. The molecule has 4 rings (SSSR count). The molecule has 1 aliphatic heterocycles. The number of aromatic nitrogens is 1. The fourth-order valence-corrected chi connectivity index (χ4v) is 2.48. The summed E-state index contributed by atoms with van der Waals surface area (Å²) in [4.78, 5) is 16.6. The summed E-state index contributed by atoms with van der Waals surface area (Å²) in [5.41, 5.74) is 1.25. The number of nitrogens with one attached hydrogen (secondary N) is 1. The van der Waals surface area contributed by atoms with Crippen LogP contribution in [-0.2, 0) is 0 Å². The number of benzene rings is 2. The van der Waals surface area contributed by atoms with Crippen molar-refractivity contribution in [1.29, 1.82) is 0 Å². The average Bonchev–Trinajstić information content (AvgIpc) is 3.02. The summed E-state index contributed by atoms with van der Waals surface area (Å²) in [5.74, 6) is 1.14. The van der Waals surface area contributed by atoms with Crippen LogP contribution in [0.25, 0.3) is 10.8 Å². The second kappa shape index (κ2) is 5.04. The summed E-state index contributed by atoms with van der Waals surface area (Å²) in [6, 6.07) is 12.8. The SMILES string of the molecule is O=C(Nc1ccc2c(c1)OCO2)c1cccc2ccncc12. The first-order chi connectivity index (χ1) is 10.8. The zero-order chi connectivity index (χ0) is 14.9. The molecule has 22 heavy (non-hydrogen) atoms. The molecule has 0 saturated carbocycles. The van der Waals surface area contributed by atoms with Crippen LogP contribution >= 0.6 is 0 Å². The first kappa shape index (κ1) is 12.6. The molecule has 0 unspecified atom stereocenters. The maximum Gasteiger partial charge on any atom is 0.256 e. The number of nitrogens with zero attached hydrogens (tertiary/aromatic N) is 1. The predicted octanol–water partition coefficient (Wildman–Crippen LogP) is 3.22. The average molecular weight is 292 g/mol. The van der Waals surface area contributed by atoms with Gasteiger partial charge in [0.1, 0.15) is 0 Å². The largest absolute Gasteiger partial charge is 0.454 e. The standard InChI is InChI=1S/C17H12N2O3/c20-17(13-3-1-2-11-6-7-18-9-14(11)13)19-12-4-5-15-16(8-12)22-10-21-15/h1-9H,10H2,(H,19,20). The molecule has 0 fully saturated rings. The van der Waals surface area contributed by atoms with Gasteiger partial charge >= 0.3 is 0 Å². The Kier molecular flexibility index (Phi) is 2.89. The molecule has 0 saturated heterocycles. The third-order valence-electron chi connectivity index (χ3n) is 3.56. The lowest BCUT2D eigenvalue weighted by molar-refractivity contribution is 0.102. The van der Waals surface area contributed by atoms with Crippen molar-refractivity contribution in [3.63, 3.8) is 0 Å². The van der Waals surface area contributed by atoms with Crippen LogP contribution in [-0.4, -0.2) is 17.7 Å². The zero-order valence-corrected chi connectivity index (χ0v) is 11.6. The lowest BCUT2D eigenvalue weighted by Gasteiger charge is -2.08. The van der Waals surface area contributed by atoms with E-state index in [1.807, 2.05) is 18.2 Å². The van der Waals surface area contributed by atoms with Crippen molar-refractivity contribution in [2.45, 2.75) is 0 Å². The van der Waals surface area contributed by atoms with Crippen molar-refractivity contribution in [3.05, 3.63) is 60.4 Å². The van der Waals surface area contributed by atoms with Gasteiger partial charge in [-0.2, -0.15) is 0 Å². The molecule has 0 radical (unpaired) electrons. The number of carbonyl (C=O) groups is 1. The van der Waals surface area contributed by atoms with Crippen LogP contribution in [0.2, 0.25) is 0 Å². The molecule has 1 aliphatic rings. The molecule has 1 amide bonds. The number of fused-ring (bicyclic) bond motifs is 2. The van der Waals surface area contributed by atoms with E-state index in [4.69, 9.17) is 9.47 Å². The van der Waals surface area contributed by atoms with Gasteiger partial charge in [0.25, 0.3) is 5.91 Å². The molecule has 3 aromatic rings. The van der Waals surface area contributed by atoms with Crippen LogP contribution in [0, 0.1) is 0 Å². The number of carbonyl (C=O) groups excluding carboxylic acids is 1. The molecular weight excluding hydrogens is 280 g/mol. The summed E-state index contributed by atoms with van der Waals surface area (Å²) in [5, 5.41) is 4.68. The van der Waals surface area contributed by atoms with E-state index in [0.717, 1.165) is 10.8 Å². The number of hydrogen-bond acceptors (Lipinski definition) is 4. The first-order valence-corrected chi connectivity index (χ1v) is 6.85. The lowest BCUT2D eigenvalue weighted by atomic mass is 10.1. The van der Waals surface area contributed by atoms with Crippen molar-refractivity contribution < 1.29 is 14.3 Å². The van der Waals surface area contributed by atoms with E-state index in [1.165, 1.54) is 0 Å². The molecule has 0 aliphatic carbocycles. The summed E-state index contributed by atoms with van der Waals surface area (Å²) in [6.07, 6.45) is 3.41. The van der Waals surface area contributed by atoms with E-state index in [1.54, 1.807) is 36.7 Å². The predicted molar refractivity (Wildman–Crippen MR) is 82.3 cm³/mol. The molecule has 0 atom stereocenters. The molecule has 1 aromatic heterocycles. The molecular formula is C17H12N2O3. The van der Waals surface area contributed by atoms with Crippen LogP contribution in [0.3, 0.4) is 0 Å². The number of amides is 1. The minimum atomic E-state index is -0.183. The molecule has 5 nitrogen and oxygen atoms in total. The van der Waals surface area contributed by atoms with Gasteiger partial charge in [-0.25, -0.2) is 0 Å². The highest BCUT2D eigenvalue weighted by atomic mass is 16.7. The first-order valence-electron chi connectivity index (χ1n) is 6.85.